The minimum atomic E-state index is -0.163. The molecule has 4 rings (SSSR count). The molecule has 1 aromatic heterocycles. The average Bonchev–Trinajstić information content (AvgIpc) is 3.51. The maximum atomic E-state index is 13.1. The molecule has 2 saturated heterocycles. The Morgan fingerprint density at radius 1 is 1.11 bits per heavy atom. The van der Waals surface area contributed by atoms with Crippen molar-refractivity contribution in [2.45, 2.75) is 58.3 Å². The van der Waals surface area contributed by atoms with E-state index in [0.29, 0.717) is 11.8 Å². The first-order valence-electron chi connectivity index (χ1n) is 13.4. The Hall–Kier alpha value is -1.28. The fourth-order valence-electron chi connectivity index (χ4n) is 4.93. The smallest absolute Gasteiger partial charge is 0.264 e. The molecular formula is C30H39Br2FN2OS. The quantitative estimate of drug-likeness (QED) is 0.210. The van der Waals surface area contributed by atoms with E-state index in [4.69, 9.17) is 0 Å². The molecule has 2 fully saturated rings. The van der Waals surface area contributed by atoms with E-state index in [1.54, 1.807) is 12.1 Å². The van der Waals surface area contributed by atoms with Crippen molar-refractivity contribution in [1.29, 1.82) is 0 Å². The Bertz CT molecular complexity index is 1010. The largest absolute Gasteiger partial charge is 0.338 e. The van der Waals surface area contributed by atoms with E-state index in [2.05, 4.69) is 61.9 Å². The predicted octanol–water partition coefficient (Wildman–Crippen LogP) is 9.06. The molecule has 202 valence electrons. The molecule has 7 heteroatoms. The fraction of sp³-hybridized carbons (Fsp3) is 0.500. The number of rotatable bonds is 8. The zero-order valence-corrected chi connectivity index (χ0v) is 26.0. The molecule has 0 spiro atoms. The first kappa shape index (κ1) is 30.3. The fourth-order valence-corrected chi connectivity index (χ4v) is 6.93. The number of nitrogens with zero attached hydrogens (tertiary/aromatic N) is 2. The Kier molecular flexibility index (Phi) is 13.1. The molecule has 3 heterocycles. The van der Waals surface area contributed by atoms with Gasteiger partial charge in [0.2, 0.25) is 0 Å². The number of carbonyl (C=O) groups excluding carboxylic acids is 1. The molecule has 0 bridgehead atoms. The number of likely N-dealkylation sites (tertiary alicyclic amines) is 2. The van der Waals surface area contributed by atoms with Crippen LogP contribution in [0.1, 0.15) is 73.5 Å². The molecule has 1 atom stereocenters. The van der Waals surface area contributed by atoms with Gasteiger partial charge >= 0.3 is 0 Å². The van der Waals surface area contributed by atoms with Gasteiger partial charge in [-0.25, -0.2) is 4.39 Å². The van der Waals surface area contributed by atoms with Gasteiger partial charge < -0.3 is 9.80 Å². The molecule has 1 unspecified atom stereocenters. The second-order valence-electron chi connectivity index (χ2n) is 9.86. The van der Waals surface area contributed by atoms with Gasteiger partial charge in [0, 0.05) is 24.1 Å². The first-order valence-corrected chi connectivity index (χ1v) is 15.8. The van der Waals surface area contributed by atoms with E-state index in [1.165, 1.54) is 36.2 Å². The third-order valence-electron chi connectivity index (χ3n) is 7.04. The molecule has 1 aromatic carbocycles. The van der Waals surface area contributed by atoms with Crippen molar-refractivity contribution in [3.63, 3.8) is 0 Å². The summed E-state index contributed by atoms with van der Waals surface area (Å²) in [5, 5.41) is 0. The van der Waals surface area contributed by atoms with Crippen LogP contribution in [0.5, 0.6) is 0 Å². The molecule has 0 N–H and O–H groups in total. The number of hydrogen-bond acceptors (Lipinski definition) is 3. The number of halogens is 3. The number of unbranched alkanes of at least 4 members (excludes halogenated alkanes) is 2. The van der Waals surface area contributed by atoms with Crippen LogP contribution in [0.3, 0.4) is 0 Å². The van der Waals surface area contributed by atoms with Crippen LogP contribution < -0.4 is 0 Å². The highest BCUT2D eigenvalue weighted by Crippen LogP contribution is 2.34. The van der Waals surface area contributed by atoms with Gasteiger partial charge in [-0.2, -0.15) is 0 Å². The van der Waals surface area contributed by atoms with Gasteiger partial charge in [0.15, 0.2) is 0 Å². The maximum Gasteiger partial charge on any atom is 0.264 e. The van der Waals surface area contributed by atoms with Gasteiger partial charge in [0.05, 0.1) is 8.66 Å². The number of carbonyl (C=O) groups is 1. The highest BCUT2D eigenvalue weighted by molar-refractivity contribution is 9.13. The summed E-state index contributed by atoms with van der Waals surface area (Å²) in [4.78, 5) is 18.1. The molecular weight excluding hydrogens is 615 g/mol. The highest BCUT2D eigenvalue weighted by atomic mass is 79.9. The standard InChI is InChI=1S/C21H23Br2FN2OS.C9H16/c22-18-11-19(28-20(18)23)21(27)26-10-5-14(13-26)12-25-8-6-16(7-9-25)15-1-3-17(24)4-2-15;1-3-5-7-9-8-6-4-2/h1-4,11,14,16H,5-10,12-13H2;3,5,7,9H,4,6,8H2,1-2H3/b;5-3-,9-7-. The SMILES string of the molecule is C/C=C\C=C/CCCC.O=C(c1cc(Br)c(Br)s1)N1CCC(CN2CCC(c3ccc(F)cc3)CC2)C1. The minimum Gasteiger partial charge on any atom is -0.338 e. The highest BCUT2D eigenvalue weighted by Gasteiger charge is 2.30. The van der Waals surface area contributed by atoms with E-state index in [1.807, 2.05) is 36.1 Å². The number of allylic oxidation sites excluding steroid dienone is 4. The second-order valence-corrected chi connectivity index (χ2v) is 13.1. The number of hydrogen-bond donors (Lipinski definition) is 0. The molecule has 37 heavy (non-hydrogen) atoms. The van der Waals surface area contributed by atoms with Crippen LogP contribution in [0.25, 0.3) is 0 Å². The van der Waals surface area contributed by atoms with Gasteiger partial charge in [0.25, 0.3) is 5.91 Å². The molecule has 0 radical (unpaired) electrons. The van der Waals surface area contributed by atoms with Gasteiger partial charge in [-0.15, -0.1) is 11.3 Å². The maximum absolute atomic E-state index is 13.1. The van der Waals surface area contributed by atoms with Crippen molar-refractivity contribution in [3.05, 3.63) is 79.2 Å². The minimum absolute atomic E-state index is 0.147. The van der Waals surface area contributed by atoms with Crippen molar-refractivity contribution < 1.29 is 9.18 Å². The number of benzene rings is 1. The summed E-state index contributed by atoms with van der Waals surface area (Å²) in [6.45, 7) is 9.17. The molecule has 0 saturated carbocycles. The second kappa shape index (κ2) is 16.0. The van der Waals surface area contributed by atoms with Crippen LogP contribution in [-0.2, 0) is 0 Å². The van der Waals surface area contributed by atoms with Crippen molar-refractivity contribution in [3.8, 4) is 0 Å². The van der Waals surface area contributed by atoms with Crippen molar-refractivity contribution in [1.82, 2.24) is 9.80 Å². The molecule has 3 nitrogen and oxygen atoms in total. The monoisotopic (exact) mass is 652 g/mol. The zero-order chi connectivity index (χ0) is 26.6. The van der Waals surface area contributed by atoms with Gasteiger partial charge in [-0.3, -0.25) is 4.79 Å². The van der Waals surface area contributed by atoms with Crippen LogP contribution >= 0.6 is 43.2 Å². The Balaban J connectivity index is 0.000000364. The van der Waals surface area contributed by atoms with E-state index in [0.717, 1.165) is 65.1 Å². The summed E-state index contributed by atoms with van der Waals surface area (Å²) >= 11 is 8.42. The van der Waals surface area contributed by atoms with Crippen LogP contribution in [-0.4, -0.2) is 48.4 Å². The summed E-state index contributed by atoms with van der Waals surface area (Å²) in [6.07, 6.45) is 15.6. The third kappa shape index (κ3) is 9.76. The lowest BCUT2D eigenvalue weighted by Gasteiger charge is -2.33. The van der Waals surface area contributed by atoms with E-state index >= 15 is 0 Å². The van der Waals surface area contributed by atoms with Crippen molar-refractivity contribution in [2.75, 3.05) is 32.7 Å². The summed E-state index contributed by atoms with van der Waals surface area (Å²) < 4.78 is 15.0. The van der Waals surface area contributed by atoms with Crippen LogP contribution in [0, 0.1) is 11.7 Å². The van der Waals surface area contributed by atoms with Crippen LogP contribution in [0.4, 0.5) is 4.39 Å². The zero-order valence-electron chi connectivity index (χ0n) is 22.0. The Morgan fingerprint density at radius 3 is 2.46 bits per heavy atom. The predicted molar refractivity (Wildman–Crippen MR) is 162 cm³/mol. The summed E-state index contributed by atoms with van der Waals surface area (Å²) in [5.41, 5.74) is 1.26. The van der Waals surface area contributed by atoms with Crippen LogP contribution in [0.15, 0.2) is 62.9 Å². The average molecular weight is 655 g/mol. The molecule has 2 aromatic rings. The molecule has 1 amide bonds. The first-order chi connectivity index (χ1) is 17.9. The van der Waals surface area contributed by atoms with Crippen molar-refractivity contribution in [2.24, 2.45) is 5.92 Å². The van der Waals surface area contributed by atoms with Gasteiger partial charge in [-0.1, -0.05) is 56.2 Å². The van der Waals surface area contributed by atoms with Crippen LogP contribution in [0.2, 0.25) is 0 Å². The summed E-state index contributed by atoms with van der Waals surface area (Å²) in [6, 6.07) is 8.90. The number of amides is 1. The molecule has 2 aliphatic rings. The lowest BCUT2D eigenvalue weighted by Crippen LogP contribution is -2.37. The summed E-state index contributed by atoms with van der Waals surface area (Å²) in [5.74, 6) is 1.07. The van der Waals surface area contributed by atoms with E-state index in [-0.39, 0.29) is 11.7 Å². The third-order valence-corrected chi connectivity index (χ3v) is 10.3. The number of piperidine rings is 1. The number of thiophene rings is 1. The Labute approximate surface area is 243 Å². The lowest BCUT2D eigenvalue weighted by molar-refractivity contribution is 0.0786. The van der Waals surface area contributed by atoms with Gasteiger partial charge in [0.1, 0.15) is 5.82 Å². The van der Waals surface area contributed by atoms with E-state index < -0.39 is 0 Å². The molecule has 0 aliphatic carbocycles. The molecule has 2 aliphatic heterocycles. The Morgan fingerprint density at radius 2 is 1.84 bits per heavy atom. The van der Waals surface area contributed by atoms with Gasteiger partial charge in [-0.05, 0) is 113 Å². The summed E-state index contributed by atoms with van der Waals surface area (Å²) in [7, 11) is 0. The topological polar surface area (TPSA) is 23.6 Å². The van der Waals surface area contributed by atoms with Crippen molar-refractivity contribution >= 4 is 49.1 Å². The normalized spacial score (nSPS) is 19.1. The lowest BCUT2D eigenvalue weighted by atomic mass is 9.89. The van der Waals surface area contributed by atoms with E-state index in [9.17, 15) is 9.18 Å².